The molecular weight excluding hydrogens is 366 g/mol. The largest absolute Gasteiger partial charge is 0.480 e. The van der Waals surface area contributed by atoms with Gasteiger partial charge in [0.05, 0.1) is 9.92 Å². The van der Waals surface area contributed by atoms with Crippen molar-refractivity contribution < 1.29 is 23.1 Å². The SMILES string of the molecule is CC(C)[C@H](NS(=O)(=O)c1ccc(Oc2ccccc2Cl)cc1)C(=O)O. The first kappa shape index (κ1) is 19.2. The van der Waals surface area contributed by atoms with E-state index in [1.165, 1.54) is 24.3 Å². The van der Waals surface area contributed by atoms with E-state index in [0.29, 0.717) is 16.5 Å². The van der Waals surface area contributed by atoms with Gasteiger partial charge in [0.15, 0.2) is 0 Å². The highest BCUT2D eigenvalue weighted by Crippen LogP contribution is 2.29. The van der Waals surface area contributed by atoms with Crippen molar-refractivity contribution in [3.05, 3.63) is 53.6 Å². The van der Waals surface area contributed by atoms with Gasteiger partial charge in [-0.2, -0.15) is 4.72 Å². The molecule has 0 radical (unpaired) electrons. The molecule has 8 heteroatoms. The first-order chi connectivity index (χ1) is 11.7. The predicted molar refractivity (Wildman–Crippen MR) is 94.6 cm³/mol. The number of aliphatic carboxylic acids is 1. The fraction of sp³-hybridized carbons (Fsp3) is 0.235. The van der Waals surface area contributed by atoms with Gasteiger partial charge in [-0.25, -0.2) is 8.42 Å². The molecule has 0 aliphatic carbocycles. The van der Waals surface area contributed by atoms with Gasteiger partial charge < -0.3 is 9.84 Å². The fourth-order valence-corrected chi connectivity index (χ4v) is 3.56. The van der Waals surface area contributed by atoms with Crippen molar-refractivity contribution in [2.45, 2.75) is 24.8 Å². The topological polar surface area (TPSA) is 92.7 Å². The second kappa shape index (κ2) is 7.86. The molecule has 0 aliphatic rings. The highest BCUT2D eigenvalue weighted by molar-refractivity contribution is 7.89. The third kappa shape index (κ3) is 4.94. The molecular formula is C17H18ClNO5S. The summed E-state index contributed by atoms with van der Waals surface area (Å²) in [6.45, 7) is 3.25. The number of para-hydroxylation sites is 1. The minimum absolute atomic E-state index is 0.0501. The van der Waals surface area contributed by atoms with Gasteiger partial charge in [0.2, 0.25) is 10.0 Å². The van der Waals surface area contributed by atoms with Gasteiger partial charge in [-0.3, -0.25) is 4.79 Å². The maximum absolute atomic E-state index is 12.3. The number of benzene rings is 2. The maximum atomic E-state index is 12.3. The molecule has 0 saturated heterocycles. The molecule has 1 atom stereocenters. The summed E-state index contributed by atoms with van der Waals surface area (Å²) in [5, 5.41) is 9.56. The average Bonchev–Trinajstić information content (AvgIpc) is 2.55. The van der Waals surface area contributed by atoms with Crippen LogP contribution in [0.25, 0.3) is 0 Å². The summed E-state index contributed by atoms with van der Waals surface area (Å²) in [5.41, 5.74) is 0. The Kier molecular flexibility index (Phi) is 6.05. The molecule has 2 aromatic rings. The van der Waals surface area contributed by atoms with E-state index in [0.717, 1.165) is 0 Å². The van der Waals surface area contributed by atoms with E-state index in [1.54, 1.807) is 38.1 Å². The molecule has 134 valence electrons. The van der Waals surface area contributed by atoms with Crippen molar-refractivity contribution in [2.24, 2.45) is 5.92 Å². The van der Waals surface area contributed by atoms with Crippen LogP contribution in [0.4, 0.5) is 0 Å². The summed E-state index contributed by atoms with van der Waals surface area (Å²) in [6, 6.07) is 11.3. The van der Waals surface area contributed by atoms with Gasteiger partial charge >= 0.3 is 5.97 Å². The Morgan fingerprint density at radius 3 is 2.24 bits per heavy atom. The zero-order valence-corrected chi connectivity index (χ0v) is 15.2. The van der Waals surface area contributed by atoms with Gasteiger partial charge in [0, 0.05) is 0 Å². The lowest BCUT2D eigenvalue weighted by molar-refractivity contribution is -0.140. The van der Waals surface area contributed by atoms with E-state index >= 15 is 0 Å². The lowest BCUT2D eigenvalue weighted by atomic mass is 10.1. The van der Waals surface area contributed by atoms with Crippen LogP contribution >= 0.6 is 11.6 Å². The smallest absolute Gasteiger partial charge is 0.322 e. The zero-order valence-electron chi connectivity index (χ0n) is 13.6. The Morgan fingerprint density at radius 1 is 1.12 bits per heavy atom. The fourth-order valence-electron chi connectivity index (χ4n) is 2.05. The Bertz CT molecular complexity index is 850. The maximum Gasteiger partial charge on any atom is 0.322 e. The van der Waals surface area contributed by atoms with Gasteiger partial charge in [0.1, 0.15) is 17.5 Å². The second-order valence-electron chi connectivity index (χ2n) is 5.69. The number of halogens is 1. The Balaban J connectivity index is 2.18. The molecule has 0 saturated carbocycles. The molecule has 0 heterocycles. The van der Waals surface area contributed by atoms with Crippen molar-refractivity contribution in [1.82, 2.24) is 4.72 Å². The van der Waals surface area contributed by atoms with Crippen LogP contribution in [0.2, 0.25) is 5.02 Å². The third-order valence-electron chi connectivity index (χ3n) is 3.41. The molecule has 25 heavy (non-hydrogen) atoms. The number of carbonyl (C=O) groups is 1. The summed E-state index contributed by atoms with van der Waals surface area (Å²) >= 11 is 6.01. The molecule has 0 fully saturated rings. The number of nitrogens with one attached hydrogen (secondary N) is 1. The monoisotopic (exact) mass is 383 g/mol. The predicted octanol–water partition coefficient (Wildman–Crippen LogP) is 3.52. The highest BCUT2D eigenvalue weighted by atomic mass is 35.5. The van der Waals surface area contributed by atoms with Crippen molar-refractivity contribution in [1.29, 1.82) is 0 Å². The first-order valence-corrected chi connectivity index (χ1v) is 9.34. The van der Waals surface area contributed by atoms with Gasteiger partial charge in [-0.15, -0.1) is 0 Å². The number of carboxylic acids is 1. The van der Waals surface area contributed by atoms with Crippen molar-refractivity contribution in [2.75, 3.05) is 0 Å². The molecule has 0 spiro atoms. The normalized spacial score (nSPS) is 12.8. The summed E-state index contributed by atoms with van der Waals surface area (Å²) < 4.78 is 32.5. The summed E-state index contributed by atoms with van der Waals surface area (Å²) in [7, 11) is -3.96. The van der Waals surface area contributed by atoms with E-state index in [4.69, 9.17) is 21.4 Å². The summed E-state index contributed by atoms with van der Waals surface area (Å²) in [4.78, 5) is 11.1. The molecule has 0 aromatic heterocycles. The van der Waals surface area contributed by atoms with E-state index in [2.05, 4.69) is 4.72 Å². The number of hydrogen-bond acceptors (Lipinski definition) is 4. The lowest BCUT2D eigenvalue weighted by Gasteiger charge is -2.18. The third-order valence-corrected chi connectivity index (χ3v) is 5.18. The summed E-state index contributed by atoms with van der Waals surface area (Å²) in [6.07, 6.45) is 0. The molecule has 0 bridgehead atoms. The molecule has 2 rings (SSSR count). The van der Waals surface area contributed by atoms with E-state index < -0.39 is 28.0 Å². The summed E-state index contributed by atoms with van der Waals surface area (Å²) in [5.74, 6) is -0.762. The van der Waals surface area contributed by atoms with Crippen LogP contribution in [-0.2, 0) is 14.8 Å². The standard InChI is InChI=1S/C17H18ClNO5S/c1-11(2)16(17(20)21)19-25(22,23)13-9-7-12(8-10-13)24-15-6-4-3-5-14(15)18/h3-11,16,19H,1-2H3,(H,20,21)/t16-/m0/s1. The lowest BCUT2D eigenvalue weighted by Crippen LogP contribution is -2.44. The van der Waals surface area contributed by atoms with Crippen LogP contribution in [0.5, 0.6) is 11.5 Å². The van der Waals surface area contributed by atoms with E-state index in [-0.39, 0.29) is 4.90 Å². The van der Waals surface area contributed by atoms with Crippen LogP contribution in [0.1, 0.15) is 13.8 Å². The van der Waals surface area contributed by atoms with Gasteiger partial charge in [-0.05, 0) is 42.3 Å². The number of rotatable bonds is 7. The highest BCUT2D eigenvalue weighted by Gasteiger charge is 2.27. The van der Waals surface area contributed by atoms with Crippen molar-refractivity contribution in [3.63, 3.8) is 0 Å². The van der Waals surface area contributed by atoms with Crippen molar-refractivity contribution >= 4 is 27.6 Å². The number of sulfonamides is 1. The molecule has 6 nitrogen and oxygen atoms in total. The van der Waals surface area contributed by atoms with Crippen LogP contribution in [-0.4, -0.2) is 25.5 Å². The number of ether oxygens (including phenoxy) is 1. The van der Waals surface area contributed by atoms with Crippen LogP contribution in [0.15, 0.2) is 53.4 Å². The minimum atomic E-state index is -3.96. The Morgan fingerprint density at radius 2 is 1.72 bits per heavy atom. The van der Waals surface area contributed by atoms with Gasteiger partial charge in [0.25, 0.3) is 0 Å². The zero-order chi connectivity index (χ0) is 18.6. The van der Waals surface area contributed by atoms with Crippen LogP contribution in [0, 0.1) is 5.92 Å². The quantitative estimate of drug-likeness (QED) is 0.763. The Hall–Kier alpha value is -2.09. The molecule has 0 amide bonds. The molecule has 2 N–H and O–H groups in total. The van der Waals surface area contributed by atoms with Crippen molar-refractivity contribution in [3.8, 4) is 11.5 Å². The van der Waals surface area contributed by atoms with E-state index in [1.807, 2.05) is 0 Å². The van der Waals surface area contributed by atoms with E-state index in [9.17, 15) is 13.2 Å². The Labute approximate surface area is 151 Å². The molecule has 0 unspecified atom stereocenters. The van der Waals surface area contributed by atoms with Crippen LogP contribution < -0.4 is 9.46 Å². The number of hydrogen-bond donors (Lipinski definition) is 2. The molecule has 2 aromatic carbocycles. The number of carboxylic acid groups (broad SMARTS) is 1. The van der Waals surface area contributed by atoms with Crippen LogP contribution in [0.3, 0.4) is 0 Å². The first-order valence-electron chi connectivity index (χ1n) is 7.48. The van der Waals surface area contributed by atoms with Gasteiger partial charge in [-0.1, -0.05) is 37.6 Å². The second-order valence-corrected chi connectivity index (χ2v) is 7.81. The minimum Gasteiger partial charge on any atom is -0.480 e. The average molecular weight is 384 g/mol. The molecule has 0 aliphatic heterocycles.